The van der Waals surface area contributed by atoms with Crippen LogP contribution in [0.25, 0.3) is 0 Å². The van der Waals surface area contributed by atoms with Crippen molar-refractivity contribution < 1.29 is 14.4 Å². The van der Waals surface area contributed by atoms with Gasteiger partial charge in [0.2, 0.25) is 0 Å². The Morgan fingerprint density at radius 1 is 1.15 bits per heavy atom. The van der Waals surface area contributed by atoms with E-state index < -0.39 is 0 Å². The van der Waals surface area contributed by atoms with E-state index in [1.165, 1.54) is 4.90 Å². The number of carbonyl (C=O) groups excluding carboxylic acids is 3. The number of fused-ring (bicyclic) bond motifs is 1. The average Bonchev–Trinajstić information content (AvgIpc) is 2.82. The lowest BCUT2D eigenvalue weighted by Crippen LogP contribution is -2.35. The van der Waals surface area contributed by atoms with Gasteiger partial charge < -0.3 is 5.32 Å². The number of imide groups is 1. The standard InChI is InChI=1S/C18H17BrN4O3/c1-11-4-2-5-15(21-11)22-18(26)20-8-3-9-23-16(24)13-7-6-12(19)10-14(13)17(23)25/h2,4-7,10H,3,8-9H2,1H3,(H2,20,21,22,26). The number of carbonyl (C=O) groups is 3. The summed E-state index contributed by atoms with van der Waals surface area (Å²) in [6.07, 6.45) is 0.460. The van der Waals surface area contributed by atoms with Crippen molar-refractivity contribution in [3.63, 3.8) is 0 Å². The van der Waals surface area contributed by atoms with Gasteiger partial charge in [-0.15, -0.1) is 0 Å². The van der Waals surface area contributed by atoms with Crippen LogP contribution in [0.5, 0.6) is 0 Å². The number of nitrogens with zero attached hydrogens (tertiary/aromatic N) is 2. The van der Waals surface area contributed by atoms with Crippen LogP contribution in [0.15, 0.2) is 40.9 Å². The zero-order valence-corrected chi connectivity index (χ0v) is 15.7. The summed E-state index contributed by atoms with van der Waals surface area (Å²) in [5.41, 5.74) is 1.62. The van der Waals surface area contributed by atoms with E-state index in [2.05, 4.69) is 31.5 Å². The first-order chi connectivity index (χ1) is 12.5. The normalized spacial score (nSPS) is 12.9. The van der Waals surface area contributed by atoms with Crippen molar-refractivity contribution in [1.82, 2.24) is 15.2 Å². The number of pyridine rings is 1. The lowest BCUT2D eigenvalue weighted by Gasteiger charge is -2.14. The predicted molar refractivity (Wildman–Crippen MR) is 100 cm³/mol. The number of nitrogens with one attached hydrogen (secondary N) is 2. The molecule has 0 saturated heterocycles. The van der Waals surface area contributed by atoms with E-state index in [0.717, 1.165) is 10.2 Å². The van der Waals surface area contributed by atoms with Crippen molar-refractivity contribution >= 4 is 39.6 Å². The number of hydrogen-bond donors (Lipinski definition) is 2. The number of hydrogen-bond acceptors (Lipinski definition) is 4. The third-order valence-corrected chi connectivity index (χ3v) is 4.40. The van der Waals surface area contributed by atoms with Crippen LogP contribution < -0.4 is 10.6 Å². The summed E-state index contributed by atoms with van der Waals surface area (Å²) >= 11 is 3.30. The molecular weight excluding hydrogens is 400 g/mol. The van der Waals surface area contributed by atoms with Gasteiger partial charge in [0, 0.05) is 23.3 Å². The molecule has 26 heavy (non-hydrogen) atoms. The van der Waals surface area contributed by atoms with Gasteiger partial charge in [-0.3, -0.25) is 19.8 Å². The summed E-state index contributed by atoms with van der Waals surface area (Å²) in [6.45, 7) is 2.41. The molecule has 2 aromatic rings. The Bertz CT molecular complexity index is 884. The zero-order chi connectivity index (χ0) is 18.7. The minimum Gasteiger partial charge on any atom is -0.338 e. The summed E-state index contributed by atoms with van der Waals surface area (Å²) in [7, 11) is 0. The second-order valence-corrected chi connectivity index (χ2v) is 6.77. The van der Waals surface area contributed by atoms with Crippen LogP contribution in [0.3, 0.4) is 0 Å². The molecule has 7 nitrogen and oxygen atoms in total. The number of benzene rings is 1. The molecule has 8 heteroatoms. The van der Waals surface area contributed by atoms with Crippen LogP contribution >= 0.6 is 15.9 Å². The Labute approximate surface area is 158 Å². The smallest absolute Gasteiger partial charge is 0.320 e. The second kappa shape index (κ2) is 7.65. The molecule has 1 aromatic carbocycles. The Hall–Kier alpha value is -2.74. The van der Waals surface area contributed by atoms with E-state index >= 15 is 0 Å². The minimum atomic E-state index is -0.380. The summed E-state index contributed by atoms with van der Waals surface area (Å²) in [6, 6.07) is 9.98. The first-order valence-corrected chi connectivity index (χ1v) is 8.89. The topological polar surface area (TPSA) is 91.4 Å². The van der Waals surface area contributed by atoms with Crippen molar-refractivity contribution in [2.24, 2.45) is 0 Å². The van der Waals surface area contributed by atoms with Crippen molar-refractivity contribution in [3.05, 3.63) is 57.7 Å². The highest BCUT2D eigenvalue weighted by Crippen LogP contribution is 2.25. The zero-order valence-electron chi connectivity index (χ0n) is 14.1. The van der Waals surface area contributed by atoms with E-state index in [4.69, 9.17) is 0 Å². The molecule has 0 bridgehead atoms. The predicted octanol–water partition coefficient (Wildman–Crippen LogP) is 2.96. The Morgan fingerprint density at radius 3 is 2.69 bits per heavy atom. The van der Waals surface area contributed by atoms with Gasteiger partial charge in [0.25, 0.3) is 11.8 Å². The summed E-state index contributed by atoms with van der Waals surface area (Å²) in [5, 5.41) is 5.32. The Kier molecular flexibility index (Phi) is 5.32. The Morgan fingerprint density at radius 2 is 1.92 bits per heavy atom. The maximum atomic E-state index is 12.3. The molecular formula is C18H17BrN4O3. The highest BCUT2D eigenvalue weighted by molar-refractivity contribution is 9.10. The van der Waals surface area contributed by atoms with Gasteiger partial charge in [0.1, 0.15) is 5.82 Å². The van der Waals surface area contributed by atoms with E-state index in [9.17, 15) is 14.4 Å². The molecule has 2 N–H and O–H groups in total. The van der Waals surface area contributed by atoms with Gasteiger partial charge in [-0.05, 0) is 43.7 Å². The van der Waals surface area contributed by atoms with Gasteiger partial charge >= 0.3 is 6.03 Å². The third-order valence-electron chi connectivity index (χ3n) is 3.91. The molecule has 1 aliphatic heterocycles. The maximum Gasteiger partial charge on any atom is 0.320 e. The molecule has 0 atom stereocenters. The lowest BCUT2D eigenvalue weighted by atomic mass is 10.1. The lowest BCUT2D eigenvalue weighted by molar-refractivity contribution is 0.0653. The number of urea groups is 1. The van der Waals surface area contributed by atoms with Crippen LogP contribution in [-0.4, -0.2) is 40.8 Å². The van der Waals surface area contributed by atoms with Crippen LogP contribution in [0, 0.1) is 6.92 Å². The quantitative estimate of drug-likeness (QED) is 0.578. The summed E-state index contributed by atoms with van der Waals surface area (Å²) in [4.78, 5) is 41.9. The van der Waals surface area contributed by atoms with Crippen LogP contribution in [-0.2, 0) is 0 Å². The highest BCUT2D eigenvalue weighted by atomic mass is 79.9. The molecule has 2 heterocycles. The number of aromatic nitrogens is 1. The first-order valence-electron chi connectivity index (χ1n) is 8.10. The molecule has 0 aliphatic carbocycles. The largest absolute Gasteiger partial charge is 0.338 e. The molecule has 3 rings (SSSR count). The van der Waals surface area contributed by atoms with Gasteiger partial charge in [0.05, 0.1) is 11.1 Å². The van der Waals surface area contributed by atoms with Gasteiger partial charge in [0.15, 0.2) is 0 Å². The van der Waals surface area contributed by atoms with Crippen LogP contribution in [0.4, 0.5) is 10.6 Å². The molecule has 0 fully saturated rings. The van der Waals surface area contributed by atoms with E-state index in [-0.39, 0.29) is 24.4 Å². The highest BCUT2D eigenvalue weighted by Gasteiger charge is 2.34. The fraction of sp³-hybridized carbons (Fsp3) is 0.222. The molecule has 1 aromatic heterocycles. The van der Waals surface area contributed by atoms with E-state index in [1.54, 1.807) is 30.3 Å². The molecule has 0 radical (unpaired) electrons. The number of aryl methyl sites for hydroxylation is 1. The molecule has 0 saturated carbocycles. The van der Waals surface area contributed by atoms with Gasteiger partial charge in [-0.25, -0.2) is 9.78 Å². The van der Waals surface area contributed by atoms with Crippen LogP contribution in [0.2, 0.25) is 0 Å². The van der Waals surface area contributed by atoms with Crippen LogP contribution in [0.1, 0.15) is 32.8 Å². The van der Waals surface area contributed by atoms with Gasteiger partial charge in [-0.2, -0.15) is 0 Å². The fourth-order valence-electron chi connectivity index (χ4n) is 2.68. The minimum absolute atomic E-state index is 0.243. The van der Waals surface area contributed by atoms with E-state index in [0.29, 0.717) is 29.9 Å². The fourth-order valence-corrected chi connectivity index (χ4v) is 3.04. The van der Waals surface area contributed by atoms with Gasteiger partial charge in [-0.1, -0.05) is 22.0 Å². The van der Waals surface area contributed by atoms with Crippen molar-refractivity contribution in [2.75, 3.05) is 18.4 Å². The number of halogens is 1. The first kappa shape index (κ1) is 18.1. The monoisotopic (exact) mass is 416 g/mol. The SMILES string of the molecule is Cc1cccc(NC(=O)NCCCN2C(=O)c3ccc(Br)cc3C2=O)n1. The molecule has 0 spiro atoms. The molecule has 0 unspecified atom stereocenters. The van der Waals surface area contributed by atoms with Crippen molar-refractivity contribution in [2.45, 2.75) is 13.3 Å². The maximum absolute atomic E-state index is 12.3. The van der Waals surface area contributed by atoms with Crippen molar-refractivity contribution in [3.8, 4) is 0 Å². The van der Waals surface area contributed by atoms with Crippen molar-refractivity contribution in [1.29, 1.82) is 0 Å². The molecule has 4 amide bonds. The summed E-state index contributed by atoms with van der Waals surface area (Å²) in [5.74, 6) is -0.140. The molecule has 1 aliphatic rings. The van der Waals surface area contributed by atoms with E-state index in [1.807, 2.05) is 13.0 Å². The molecule has 134 valence electrons. The third kappa shape index (κ3) is 3.91. The number of anilines is 1. The number of amides is 4. The number of rotatable bonds is 5. The second-order valence-electron chi connectivity index (χ2n) is 5.85. The average molecular weight is 417 g/mol. The Balaban J connectivity index is 1.48. The summed E-state index contributed by atoms with van der Waals surface area (Å²) < 4.78 is 0.752.